The second-order valence-electron chi connectivity index (χ2n) is 3.48. The van der Waals surface area contributed by atoms with Gasteiger partial charge in [0.25, 0.3) is 0 Å². The van der Waals surface area contributed by atoms with Crippen LogP contribution in [0.2, 0.25) is 0 Å². The number of aldehydes is 1. The number of carbonyl (C=O) groups is 1. The Balaban J connectivity index is 2.67. The summed E-state index contributed by atoms with van der Waals surface area (Å²) in [5.41, 5.74) is 0.823. The van der Waals surface area contributed by atoms with Crippen molar-refractivity contribution in [3.63, 3.8) is 0 Å². The van der Waals surface area contributed by atoms with Crippen LogP contribution >= 0.6 is 0 Å². The first-order valence-electron chi connectivity index (χ1n) is 4.97. The van der Waals surface area contributed by atoms with E-state index in [4.69, 9.17) is 13.9 Å². The van der Waals surface area contributed by atoms with Crippen LogP contribution in [0.1, 0.15) is 22.4 Å². The quantitative estimate of drug-likeness (QED) is 0.651. The number of aromatic hydroxyl groups is 1. The molecule has 0 unspecified atom stereocenters. The van der Waals surface area contributed by atoms with Gasteiger partial charge in [0.2, 0.25) is 6.29 Å². The largest absolute Gasteiger partial charge is 0.508 e. The van der Waals surface area contributed by atoms with Crippen molar-refractivity contribution in [2.24, 2.45) is 0 Å². The standard InChI is InChI=1S/C12H12O5/c1-15-12(16-2)11-9(6-13)8-5-7(14)3-4-10(8)17-11/h3-6,12,14H,1-2H3. The lowest BCUT2D eigenvalue weighted by molar-refractivity contribution is -0.117. The molecule has 0 aliphatic carbocycles. The minimum Gasteiger partial charge on any atom is -0.508 e. The van der Waals surface area contributed by atoms with E-state index in [-0.39, 0.29) is 5.75 Å². The van der Waals surface area contributed by atoms with Crippen LogP contribution < -0.4 is 0 Å². The molecule has 0 saturated carbocycles. The Bertz CT molecular complexity index is 539. The van der Waals surface area contributed by atoms with Gasteiger partial charge in [-0.05, 0) is 18.2 Å². The molecule has 90 valence electrons. The molecule has 1 aromatic carbocycles. The Morgan fingerprint density at radius 2 is 2.06 bits per heavy atom. The summed E-state index contributed by atoms with van der Waals surface area (Å²) in [7, 11) is 2.90. The number of furan rings is 1. The highest BCUT2D eigenvalue weighted by Crippen LogP contribution is 2.32. The van der Waals surface area contributed by atoms with Crippen LogP contribution in [0.3, 0.4) is 0 Å². The van der Waals surface area contributed by atoms with E-state index in [0.717, 1.165) is 0 Å². The van der Waals surface area contributed by atoms with E-state index in [0.29, 0.717) is 28.6 Å². The van der Waals surface area contributed by atoms with Crippen molar-refractivity contribution in [3.8, 4) is 5.75 Å². The second kappa shape index (κ2) is 4.57. The summed E-state index contributed by atoms with van der Waals surface area (Å²) in [5, 5.41) is 9.93. The Kier molecular flexibility index (Phi) is 3.12. The summed E-state index contributed by atoms with van der Waals surface area (Å²) in [6.45, 7) is 0. The monoisotopic (exact) mass is 236 g/mol. The van der Waals surface area contributed by atoms with Crippen LogP contribution in [0.15, 0.2) is 22.6 Å². The summed E-state index contributed by atoms with van der Waals surface area (Å²) in [4.78, 5) is 11.1. The number of hydrogen-bond donors (Lipinski definition) is 1. The number of methoxy groups -OCH3 is 2. The van der Waals surface area contributed by atoms with E-state index in [1.807, 2.05) is 0 Å². The average Bonchev–Trinajstić information content (AvgIpc) is 2.68. The molecule has 1 aromatic heterocycles. The summed E-state index contributed by atoms with van der Waals surface area (Å²) in [6.07, 6.45) is -0.0872. The molecule has 1 N–H and O–H groups in total. The molecule has 0 fully saturated rings. The number of ether oxygens (including phenoxy) is 2. The van der Waals surface area contributed by atoms with Crippen molar-refractivity contribution in [2.75, 3.05) is 14.2 Å². The summed E-state index contributed by atoms with van der Waals surface area (Å²) in [6, 6.07) is 4.54. The lowest BCUT2D eigenvalue weighted by atomic mass is 10.1. The number of phenols is 1. The highest BCUT2D eigenvalue weighted by atomic mass is 16.7. The third-order valence-electron chi connectivity index (χ3n) is 2.50. The van der Waals surface area contributed by atoms with Gasteiger partial charge in [-0.1, -0.05) is 0 Å². The molecule has 0 spiro atoms. The molecule has 5 heteroatoms. The number of benzene rings is 1. The van der Waals surface area contributed by atoms with Crippen LogP contribution in [-0.2, 0) is 9.47 Å². The molecule has 0 aliphatic rings. The van der Waals surface area contributed by atoms with Gasteiger partial charge in [0.1, 0.15) is 11.3 Å². The first-order chi connectivity index (χ1) is 8.21. The zero-order valence-corrected chi connectivity index (χ0v) is 9.47. The van der Waals surface area contributed by atoms with Crippen LogP contribution in [0.4, 0.5) is 0 Å². The molecule has 5 nitrogen and oxygen atoms in total. The maximum atomic E-state index is 11.1. The minimum atomic E-state index is -0.746. The second-order valence-corrected chi connectivity index (χ2v) is 3.48. The molecule has 0 saturated heterocycles. The highest BCUT2D eigenvalue weighted by Gasteiger charge is 2.22. The average molecular weight is 236 g/mol. The van der Waals surface area contributed by atoms with Crippen LogP contribution in [0.5, 0.6) is 5.75 Å². The van der Waals surface area contributed by atoms with Crippen LogP contribution in [-0.4, -0.2) is 25.6 Å². The first-order valence-corrected chi connectivity index (χ1v) is 4.97. The van der Waals surface area contributed by atoms with E-state index < -0.39 is 6.29 Å². The third-order valence-corrected chi connectivity index (χ3v) is 2.50. The van der Waals surface area contributed by atoms with Crippen molar-refractivity contribution in [3.05, 3.63) is 29.5 Å². The van der Waals surface area contributed by atoms with Crippen LogP contribution in [0, 0.1) is 0 Å². The van der Waals surface area contributed by atoms with E-state index in [1.165, 1.54) is 26.4 Å². The molecular weight excluding hydrogens is 224 g/mol. The van der Waals surface area contributed by atoms with Crippen molar-refractivity contribution in [2.45, 2.75) is 6.29 Å². The van der Waals surface area contributed by atoms with Crippen molar-refractivity contribution in [1.82, 2.24) is 0 Å². The number of hydrogen-bond acceptors (Lipinski definition) is 5. The number of carbonyl (C=O) groups excluding carboxylic acids is 1. The van der Waals surface area contributed by atoms with Crippen LogP contribution in [0.25, 0.3) is 11.0 Å². The molecular formula is C12H12O5. The predicted octanol–water partition coefficient (Wildman–Crippen LogP) is 2.24. The normalized spacial score (nSPS) is 11.2. The van der Waals surface area contributed by atoms with Gasteiger partial charge in [-0.25, -0.2) is 0 Å². The van der Waals surface area contributed by atoms with Gasteiger partial charge in [0.05, 0.1) is 5.56 Å². The lowest BCUT2D eigenvalue weighted by Gasteiger charge is -2.10. The fourth-order valence-electron chi connectivity index (χ4n) is 1.73. The van der Waals surface area contributed by atoms with Crippen molar-refractivity contribution < 1.29 is 23.8 Å². The number of fused-ring (bicyclic) bond motifs is 1. The lowest BCUT2D eigenvalue weighted by Crippen LogP contribution is -2.04. The third kappa shape index (κ3) is 1.90. The molecule has 0 aliphatic heterocycles. The zero-order valence-electron chi connectivity index (χ0n) is 9.47. The van der Waals surface area contributed by atoms with E-state index >= 15 is 0 Å². The number of phenolic OH excluding ortho intramolecular Hbond substituents is 1. The highest BCUT2D eigenvalue weighted by molar-refractivity contribution is 5.98. The Labute approximate surface area is 97.6 Å². The summed E-state index contributed by atoms with van der Waals surface area (Å²) in [5.74, 6) is 0.366. The predicted molar refractivity (Wildman–Crippen MR) is 60.0 cm³/mol. The van der Waals surface area contributed by atoms with E-state index in [1.54, 1.807) is 6.07 Å². The minimum absolute atomic E-state index is 0.0688. The summed E-state index contributed by atoms with van der Waals surface area (Å²) >= 11 is 0. The fourth-order valence-corrected chi connectivity index (χ4v) is 1.73. The van der Waals surface area contributed by atoms with E-state index in [9.17, 15) is 9.90 Å². The van der Waals surface area contributed by atoms with Gasteiger partial charge in [-0.15, -0.1) is 0 Å². The Hall–Kier alpha value is -1.85. The van der Waals surface area contributed by atoms with Crippen molar-refractivity contribution >= 4 is 17.3 Å². The molecule has 0 amide bonds. The molecule has 2 rings (SSSR count). The van der Waals surface area contributed by atoms with Gasteiger partial charge in [-0.2, -0.15) is 0 Å². The molecule has 0 bridgehead atoms. The van der Waals surface area contributed by atoms with Gasteiger partial charge in [-0.3, -0.25) is 4.79 Å². The van der Waals surface area contributed by atoms with Crippen molar-refractivity contribution in [1.29, 1.82) is 0 Å². The van der Waals surface area contributed by atoms with Gasteiger partial charge >= 0.3 is 0 Å². The maximum Gasteiger partial charge on any atom is 0.217 e. The molecule has 2 aromatic rings. The van der Waals surface area contributed by atoms with Gasteiger partial charge in [0, 0.05) is 19.6 Å². The zero-order chi connectivity index (χ0) is 12.4. The maximum absolute atomic E-state index is 11.1. The smallest absolute Gasteiger partial charge is 0.217 e. The topological polar surface area (TPSA) is 68.9 Å². The number of rotatable bonds is 4. The van der Waals surface area contributed by atoms with E-state index in [2.05, 4.69) is 0 Å². The Morgan fingerprint density at radius 1 is 1.35 bits per heavy atom. The molecule has 0 atom stereocenters. The molecule has 17 heavy (non-hydrogen) atoms. The van der Waals surface area contributed by atoms with Gasteiger partial charge in [0.15, 0.2) is 12.0 Å². The molecule has 0 radical (unpaired) electrons. The van der Waals surface area contributed by atoms with Gasteiger partial charge < -0.3 is 19.0 Å². The Morgan fingerprint density at radius 3 is 2.65 bits per heavy atom. The first kappa shape index (κ1) is 11.6. The molecule has 1 heterocycles. The fraction of sp³-hybridized carbons (Fsp3) is 0.250. The SMILES string of the molecule is COC(OC)c1oc2ccc(O)cc2c1C=O. The summed E-state index contributed by atoms with van der Waals surface area (Å²) < 4.78 is 15.6.